The molecule has 0 aliphatic heterocycles. The van der Waals surface area contributed by atoms with Crippen molar-refractivity contribution >= 4 is 11.7 Å². The highest BCUT2D eigenvalue weighted by molar-refractivity contribution is 5.89. The third kappa shape index (κ3) is 4.43. The lowest BCUT2D eigenvalue weighted by Gasteiger charge is -2.34. The third-order valence-electron chi connectivity index (χ3n) is 3.99. The lowest BCUT2D eigenvalue weighted by molar-refractivity contribution is 0.166. The number of nitrogens with one attached hydrogen (secondary N) is 1. The number of amides is 2. The number of nitrogens with zero attached hydrogens (tertiary/aromatic N) is 1. The van der Waals surface area contributed by atoms with Crippen molar-refractivity contribution in [3.05, 3.63) is 30.1 Å². The van der Waals surface area contributed by atoms with Gasteiger partial charge in [0.05, 0.1) is 5.69 Å². The molecule has 1 aromatic rings. The Morgan fingerprint density at radius 2 is 2.00 bits per heavy atom. The van der Waals surface area contributed by atoms with E-state index in [1.165, 1.54) is 12.5 Å². The van der Waals surface area contributed by atoms with Gasteiger partial charge in [-0.2, -0.15) is 0 Å². The Balaban J connectivity index is 2.04. The molecule has 116 valence electrons. The molecule has 0 radical (unpaired) electrons. The molecule has 0 spiro atoms. The molecule has 0 bridgehead atoms. The van der Waals surface area contributed by atoms with E-state index in [-0.39, 0.29) is 17.8 Å². The van der Waals surface area contributed by atoms with Crippen LogP contribution >= 0.6 is 0 Å². The lowest BCUT2D eigenvalue weighted by atomic mass is 9.94. The number of nitrogens with two attached hydrogens (primary N) is 1. The number of anilines is 1. The van der Waals surface area contributed by atoms with Gasteiger partial charge in [-0.25, -0.2) is 9.18 Å². The van der Waals surface area contributed by atoms with Crippen molar-refractivity contribution < 1.29 is 9.18 Å². The number of rotatable bonds is 5. The number of para-hydroxylation sites is 1. The molecule has 1 aliphatic rings. The maximum absolute atomic E-state index is 13.7. The summed E-state index contributed by atoms with van der Waals surface area (Å²) in [6, 6.07) is 6.27. The summed E-state index contributed by atoms with van der Waals surface area (Å²) >= 11 is 0. The van der Waals surface area contributed by atoms with Crippen LogP contribution in [0, 0.1) is 5.82 Å². The monoisotopic (exact) mass is 293 g/mol. The third-order valence-corrected chi connectivity index (χ3v) is 3.99. The Morgan fingerprint density at radius 1 is 1.29 bits per heavy atom. The molecule has 0 atom stereocenters. The van der Waals surface area contributed by atoms with Gasteiger partial charge in [-0.1, -0.05) is 31.4 Å². The summed E-state index contributed by atoms with van der Waals surface area (Å²) in [5, 5.41) is 2.69. The maximum Gasteiger partial charge on any atom is 0.322 e. The normalized spacial score (nSPS) is 15.7. The van der Waals surface area contributed by atoms with Crippen LogP contribution in [-0.4, -0.2) is 30.1 Å². The van der Waals surface area contributed by atoms with Gasteiger partial charge in [-0.3, -0.25) is 0 Å². The van der Waals surface area contributed by atoms with Crippen molar-refractivity contribution in [2.45, 2.75) is 44.6 Å². The van der Waals surface area contributed by atoms with E-state index in [1.807, 2.05) is 4.90 Å². The molecule has 1 aromatic carbocycles. The zero-order valence-electron chi connectivity index (χ0n) is 12.4. The molecule has 1 saturated carbocycles. The van der Waals surface area contributed by atoms with E-state index in [9.17, 15) is 9.18 Å². The van der Waals surface area contributed by atoms with Crippen LogP contribution in [0.25, 0.3) is 0 Å². The number of carbonyl (C=O) groups is 1. The predicted molar refractivity (Wildman–Crippen MR) is 82.7 cm³/mol. The smallest absolute Gasteiger partial charge is 0.322 e. The van der Waals surface area contributed by atoms with E-state index in [0.29, 0.717) is 13.1 Å². The predicted octanol–water partition coefficient (Wildman–Crippen LogP) is 3.34. The lowest BCUT2D eigenvalue weighted by Crippen LogP contribution is -2.45. The molecule has 4 nitrogen and oxygen atoms in total. The van der Waals surface area contributed by atoms with Crippen molar-refractivity contribution in [3.8, 4) is 0 Å². The number of benzene rings is 1. The van der Waals surface area contributed by atoms with Crippen LogP contribution in [0.3, 0.4) is 0 Å². The summed E-state index contributed by atoms with van der Waals surface area (Å²) in [6.45, 7) is 1.18. The van der Waals surface area contributed by atoms with Gasteiger partial charge >= 0.3 is 6.03 Å². The molecule has 21 heavy (non-hydrogen) atoms. The van der Waals surface area contributed by atoms with Gasteiger partial charge < -0.3 is 16.0 Å². The molecule has 0 heterocycles. The number of urea groups is 1. The van der Waals surface area contributed by atoms with Crippen molar-refractivity contribution in [2.75, 3.05) is 18.4 Å². The molecular weight excluding hydrogens is 269 g/mol. The molecule has 1 fully saturated rings. The first-order chi connectivity index (χ1) is 10.2. The van der Waals surface area contributed by atoms with Crippen LogP contribution in [0.2, 0.25) is 0 Å². The molecule has 0 aromatic heterocycles. The van der Waals surface area contributed by atoms with E-state index in [1.54, 1.807) is 18.2 Å². The van der Waals surface area contributed by atoms with Gasteiger partial charge in [0.25, 0.3) is 0 Å². The maximum atomic E-state index is 13.7. The minimum absolute atomic E-state index is 0.222. The summed E-state index contributed by atoms with van der Waals surface area (Å²) in [6.07, 6.45) is 6.34. The minimum Gasteiger partial charge on any atom is -0.330 e. The highest BCUT2D eigenvalue weighted by Crippen LogP contribution is 2.24. The summed E-state index contributed by atoms with van der Waals surface area (Å²) in [7, 11) is 0. The molecular formula is C16H24FN3O. The molecule has 3 N–H and O–H groups in total. The van der Waals surface area contributed by atoms with E-state index in [0.717, 1.165) is 32.1 Å². The van der Waals surface area contributed by atoms with E-state index >= 15 is 0 Å². The first kappa shape index (κ1) is 15.8. The summed E-state index contributed by atoms with van der Waals surface area (Å²) in [5.74, 6) is -0.409. The Labute approximate surface area is 125 Å². The largest absolute Gasteiger partial charge is 0.330 e. The van der Waals surface area contributed by atoms with Crippen molar-refractivity contribution in [1.82, 2.24) is 4.90 Å². The average Bonchev–Trinajstić information content (AvgIpc) is 2.51. The van der Waals surface area contributed by atoms with Crippen LogP contribution < -0.4 is 11.1 Å². The van der Waals surface area contributed by atoms with Crippen molar-refractivity contribution in [1.29, 1.82) is 0 Å². The topological polar surface area (TPSA) is 58.4 Å². The van der Waals surface area contributed by atoms with E-state index < -0.39 is 5.82 Å². The van der Waals surface area contributed by atoms with Crippen LogP contribution in [0.15, 0.2) is 24.3 Å². The summed E-state index contributed by atoms with van der Waals surface area (Å²) in [5.41, 5.74) is 5.80. The average molecular weight is 293 g/mol. The number of carbonyl (C=O) groups excluding carboxylic acids is 1. The van der Waals surface area contributed by atoms with Crippen LogP contribution in [0.4, 0.5) is 14.9 Å². The molecule has 0 unspecified atom stereocenters. The van der Waals surface area contributed by atoms with Gasteiger partial charge in [-0.15, -0.1) is 0 Å². The number of hydrogen-bond acceptors (Lipinski definition) is 2. The van der Waals surface area contributed by atoms with E-state index in [4.69, 9.17) is 5.73 Å². The van der Waals surface area contributed by atoms with Crippen LogP contribution in [0.1, 0.15) is 38.5 Å². The Bertz CT molecular complexity index is 461. The first-order valence-electron chi connectivity index (χ1n) is 7.74. The highest BCUT2D eigenvalue weighted by Gasteiger charge is 2.25. The molecule has 1 aliphatic carbocycles. The van der Waals surface area contributed by atoms with Crippen molar-refractivity contribution in [2.24, 2.45) is 5.73 Å². The molecule has 2 rings (SSSR count). The molecule has 0 saturated heterocycles. The zero-order valence-corrected chi connectivity index (χ0v) is 12.4. The van der Waals surface area contributed by atoms with Gasteiger partial charge in [-0.05, 0) is 37.9 Å². The SMILES string of the molecule is NCCCN(C(=O)Nc1ccccc1F)C1CCCCC1. The van der Waals surface area contributed by atoms with Gasteiger partial charge in [0.2, 0.25) is 0 Å². The van der Waals surface area contributed by atoms with E-state index in [2.05, 4.69) is 5.32 Å². The summed E-state index contributed by atoms with van der Waals surface area (Å²) in [4.78, 5) is 14.3. The Hall–Kier alpha value is -1.62. The fourth-order valence-corrected chi connectivity index (χ4v) is 2.85. The Kier molecular flexibility index (Phi) is 5.99. The highest BCUT2D eigenvalue weighted by atomic mass is 19.1. The Morgan fingerprint density at radius 3 is 2.67 bits per heavy atom. The number of hydrogen-bond donors (Lipinski definition) is 2. The van der Waals surface area contributed by atoms with Crippen LogP contribution in [-0.2, 0) is 0 Å². The minimum atomic E-state index is -0.409. The van der Waals surface area contributed by atoms with Crippen molar-refractivity contribution in [3.63, 3.8) is 0 Å². The number of halogens is 1. The fraction of sp³-hybridized carbons (Fsp3) is 0.562. The van der Waals surface area contributed by atoms with Gasteiger partial charge in [0, 0.05) is 12.6 Å². The molecule has 5 heteroatoms. The fourth-order valence-electron chi connectivity index (χ4n) is 2.85. The molecule has 2 amide bonds. The second-order valence-corrected chi connectivity index (χ2v) is 5.54. The zero-order chi connectivity index (χ0) is 15.1. The van der Waals surface area contributed by atoms with Gasteiger partial charge in [0.15, 0.2) is 0 Å². The second kappa shape index (κ2) is 7.98. The second-order valence-electron chi connectivity index (χ2n) is 5.54. The first-order valence-corrected chi connectivity index (χ1v) is 7.74. The quantitative estimate of drug-likeness (QED) is 0.874. The summed E-state index contributed by atoms with van der Waals surface area (Å²) < 4.78 is 13.7. The van der Waals surface area contributed by atoms with Gasteiger partial charge in [0.1, 0.15) is 5.82 Å². The standard InChI is InChI=1S/C16H24FN3O/c17-14-9-4-5-10-15(14)19-16(21)20(12-6-11-18)13-7-2-1-3-8-13/h4-5,9-10,13H,1-3,6-8,11-12,18H2,(H,19,21). The van der Waals surface area contributed by atoms with Crippen LogP contribution in [0.5, 0.6) is 0 Å².